The van der Waals surface area contributed by atoms with Gasteiger partial charge in [0.25, 0.3) is 0 Å². The van der Waals surface area contributed by atoms with Gasteiger partial charge in [-0.05, 0) is 94.6 Å². The molecule has 2 amide bonds. The Morgan fingerprint density at radius 2 is 1.93 bits per heavy atom. The van der Waals surface area contributed by atoms with Crippen molar-refractivity contribution >= 4 is 23.3 Å². The highest BCUT2D eigenvalue weighted by Gasteiger charge is 2.47. The van der Waals surface area contributed by atoms with Crippen LogP contribution in [0.25, 0.3) is 0 Å². The number of likely N-dealkylation sites (tertiary alicyclic amines) is 1. The van der Waals surface area contributed by atoms with Gasteiger partial charge in [-0.15, -0.1) is 0 Å². The molecule has 0 aromatic heterocycles. The third kappa shape index (κ3) is 4.93. The van der Waals surface area contributed by atoms with Crippen molar-refractivity contribution in [2.24, 2.45) is 0 Å². The van der Waals surface area contributed by atoms with Crippen LogP contribution in [0.1, 0.15) is 80.0 Å². The second-order valence-electron chi connectivity index (χ2n) is 9.10. The lowest BCUT2D eigenvalue weighted by Crippen LogP contribution is -2.57. The van der Waals surface area contributed by atoms with Gasteiger partial charge >= 0.3 is 6.03 Å². The summed E-state index contributed by atoms with van der Waals surface area (Å²) in [5, 5.41) is 13.7. The van der Waals surface area contributed by atoms with Crippen molar-refractivity contribution < 1.29 is 9.90 Å². The number of hydrogen-bond donors (Lipinski definition) is 2. The standard InChI is InChI=1S/C24H36N2O2S/c1-17-15-18(2)19(3)20(16-17)9-7-12-24(22(27)29)13-8-14-26(24)23(28)25-21-10-5-4-6-11-21/h15-16,21H,4-14H2,1-3H3,(H,25,28)(H,27,29). The summed E-state index contributed by atoms with van der Waals surface area (Å²) in [6, 6.07) is 4.69. The highest BCUT2D eigenvalue weighted by Crippen LogP contribution is 2.36. The minimum Gasteiger partial charge on any atom is -0.500 e. The molecule has 1 aromatic rings. The maximum absolute atomic E-state index is 13.1. The summed E-state index contributed by atoms with van der Waals surface area (Å²) in [5.41, 5.74) is 4.61. The number of amides is 2. The summed E-state index contributed by atoms with van der Waals surface area (Å²) in [6.07, 6.45) is 9.95. The first-order chi connectivity index (χ1) is 13.8. The van der Waals surface area contributed by atoms with E-state index in [1.54, 1.807) is 0 Å². The first-order valence-electron chi connectivity index (χ1n) is 11.2. The van der Waals surface area contributed by atoms with Crippen LogP contribution in [0, 0.1) is 20.8 Å². The van der Waals surface area contributed by atoms with Crippen LogP contribution >= 0.6 is 12.2 Å². The average Bonchev–Trinajstić information content (AvgIpc) is 3.12. The van der Waals surface area contributed by atoms with Gasteiger partial charge in [0.15, 0.2) is 5.05 Å². The molecular formula is C24H36N2O2S. The zero-order chi connectivity index (χ0) is 21.0. The number of aryl methyl sites for hydroxylation is 3. The molecule has 29 heavy (non-hydrogen) atoms. The second-order valence-corrected chi connectivity index (χ2v) is 9.48. The van der Waals surface area contributed by atoms with Gasteiger partial charge in [0.2, 0.25) is 0 Å². The van der Waals surface area contributed by atoms with Crippen molar-refractivity contribution in [2.45, 2.75) is 96.6 Å². The second kappa shape index (κ2) is 9.46. The van der Waals surface area contributed by atoms with E-state index < -0.39 is 5.54 Å². The monoisotopic (exact) mass is 416 g/mol. The fourth-order valence-corrected chi connectivity index (χ4v) is 5.54. The molecule has 1 aliphatic carbocycles. The molecule has 1 saturated heterocycles. The maximum atomic E-state index is 13.1. The molecule has 160 valence electrons. The number of nitrogens with one attached hydrogen (secondary N) is 1. The summed E-state index contributed by atoms with van der Waals surface area (Å²) in [4.78, 5) is 14.9. The molecule has 1 aromatic carbocycles. The summed E-state index contributed by atoms with van der Waals surface area (Å²) >= 11 is 5.30. The van der Waals surface area contributed by atoms with Crippen molar-refractivity contribution in [3.05, 3.63) is 34.4 Å². The quantitative estimate of drug-likeness (QED) is 0.585. The largest absolute Gasteiger partial charge is 0.500 e. The predicted molar refractivity (Wildman–Crippen MR) is 123 cm³/mol. The number of carbonyl (C=O) groups excluding carboxylic acids is 1. The van der Waals surface area contributed by atoms with Crippen LogP contribution in [0.3, 0.4) is 0 Å². The van der Waals surface area contributed by atoms with E-state index >= 15 is 0 Å². The van der Waals surface area contributed by atoms with Gasteiger partial charge in [0, 0.05) is 12.6 Å². The first kappa shape index (κ1) is 22.1. The van der Waals surface area contributed by atoms with E-state index in [-0.39, 0.29) is 17.1 Å². The number of thiocarbonyl (C=S) groups is 1. The van der Waals surface area contributed by atoms with Crippen molar-refractivity contribution in [3.63, 3.8) is 0 Å². The molecule has 2 N–H and O–H groups in total. The summed E-state index contributed by atoms with van der Waals surface area (Å²) in [7, 11) is 0. The van der Waals surface area contributed by atoms with Crippen LogP contribution < -0.4 is 5.32 Å². The van der Waals surface area contributed by atoms with Crippen LogP contribution in [0.2, 0.25) is 0 Å². The molecule has 1 saturated carbocycles. The van der Waals surface area contributed by atoms with E-state index in [2.05, 4.69) is 38.2 Å². The SMILES string of the molecule is Cc1cc(C)c(C)c(CCCC2(C(O)=S)CCCN2C(=O)NC2CCCCC2)c1. The minimum absolute atomic E-state index is 0.0223. The Labute approximate surface area is 181 Å². The zero-order valence-electron chi connectivity index (χ0n) is 18.2. The molecular weight excluding hydrogens is 380 g/mol. The number of carbonyl (C=O) groups is 1. The zero-order valence-corrected chi connectivity index (χ0v) is 19.0. The molecule has 4 nitrogen and oxygen atoms in total. The van der Waals surface area contributed by atoms with Gasteiger partial charge in [0.1, 0.15) is 5.54 Å². The molecule has 1 heterocycles. The first-order valence-corrected chi connectivity index (χ1v) is 11.6. The lowest BCUT2D eigenvalue weighted by molar-refractivity contribution is 0.158. The van der Waals surface area contributed by atoms with Crippen LogP contribution in [-0.4, -0.2) is 39.2 Å². The van der Waals surface area contributed by atoms with Crippen molar-refractivity contribution in [2.75, 3.05) is 6.54 Å². The highest BCUT2D eigenvalue weighted by molar-refractivity contribution is 7.80. The summed E-state index contributed by atoms with van der Waals surface area (Å²) in [5.74, 6) is 0. The van der Waals surface area contributed by atoms with Gasteiger partial charge in [-0.1, -0.05) is 37.0 Å². The van der Waals surface area contributed by atoms with E-state index in [0.717, 1.165) is 38.5 Å². The van der Waals surface area contributed by atoms with Crippen molar-refractivity contribution in [1.29, 1.82) is 0 Å². The third-order valence-electron chi connectivity index (χ3n) is 7.02. The number of benzene rings is 1. The highest BCUT2D eigenvalue weighted by atomic mass is 32.1. The van der Waals surface area contributed by atoms with Gasteiger partial charge in [-0.3, -0.25) is 0 Å². The normalized spacial score (nSPS) is 22.7. The van der Waals surface area contributed by atoms with Crippen molar-refractivity contribution in [3.8, 4) is 0 Å². The molecule has 1 atom stereocenters. The number of urea groups is 1. The molecule has 3 rings (SSSR count). The Morgan fingerprint density at radius 1 is 1.21 bits per heavy atom. The lowest BCUT2D eigenvalue weighted by Gasteiger charge is -2.38. The topological polar surface area (TPSA) is 52.6 Å². The van der Waals surface area contributed by atoms with E-state index in [0.29, 0.717) is 13.0 Å². The number of nitrogens with zero attached hydrogens (tertiary/aromatic N) is 1. The summed E-state index contributed by atoms with van der Waals surface area (Å²) in [6.45, 7) is 7.14. The van der Waals surface area contributed by atoms with Crippen molar-refractivity contribution in [1.82, 2.24) is 10.2 Å². The fraction of sp³-hybridized carbons (Fsp3) is 0.667. The third-order valence-corrected chi connectivity index (χ3v) is 7.40. The van der Waals surface area contributed by atoms with Crippen LogP contribution in [0.4, 0.5) is 4.79 Å². The molecule has 1 unspecified atom stereocenters. The Kier molecular flexibility index (Phi) is 7.20. The van der Waals surface area contributed by atoms with Crippen LogP contribution in [0.5, 0.6) is 0 Å². The molecule has 2 fully saturated rings. The molecule has 1 aliphatic heterocycles. The Morgan fingerprint density at radius 3 is 2.62 bits per heavy atom. The minimum atomic E-state index is -0.694. The number of hydrogen-bond acceptors (Lipinski definition) is 2. The van der Waals surface area contributed by atoms with E-state index in [1.165, 1.54) is 41.5 Å². The van der Waals surface area contributed by atoms with Gasteiger partial charge < -0.3 is 15.3 Å². The predicted octanol–water partition coefficient (Wildman–Crippen LogP) is 5.70. The fourth-order valence-electron chi connectivity index (χ4n) is 5.22. The number of aliphatic hydroxyl groups excluding tert-OH is 1. The molecule has 0 spiro atoms. The Balaban J connectivity index is 1.68. The molecule has 0 bridgehead atoms. The Bertz CT molecular complexity index is 757. The van der Waals surface area contributed by atoms with Gasteiger partial charge in [-0.25, -0.2) is 4.79 Å². The van der Waals surface area contributed by atoms with E-state index in [4.69, 9.17) is 12.2 Å². The average molecular weight is 417 g/mol. The summed E-state index contributed by atoms with van der Waals surface area (Å²) < 4.78 is 0. The van der Waals surface area contributed by atoms with E-state index in [1.807, 2.05) is 4.90 Å². The smallest absolute Gasteiger partial charge is 0.318 e. The Hall–Kier alpha value is -1.62. The number of rotatable bonds is 6. The lowest BCUT2D eigenvalue weighted by atomic mass is 9.88. The van der Waals surface area contributed by atoms with Gasteiger partial charge in [-0.2, -0.15) is 0 Å². The van der Waals surface area contributed by atoms with E-state index in [9.17, 15) is 9.90 Å². The maximum Gasteiger partial charge on any atom is 0.318 e. The molecule has 5 heteroatoms. The number of aliphatic hydroxyl groups is 1. The van der Waals surface area contributed by atoms with Gasteiger partial charge in [0.05, 0.1) is 0 Å². The molecule has 0 radical (unpaired) electrons. The van der Waals surface area contributed by atoms with Crippen LogP contribution in [-0.2, 0) is 6.42 Å². The molecule has 2 aliphatic rings. The van der Waals surface area contributed by atoms with Crippen LogP contribution in [0.15, 0.2) is 12.1 Å².